The van der Waals surface area contributed by atoms with Gasteiger partial charge in [-0.25, -0.2) is 9.37 Å². The lowest BCUT2D eigenvalue weighted by Gasteiger charge is -2.07. The first-order valence-corrected chi connectivity index (χ1v) is 7.21. The SMILES string of the molecule is Cc1csc(S[C@@H](C)C(=O)c2ccc(F)cc2)n1. The topological polar surface area (TPSA) is 30.0 Å². The fourth-order valence-corrected chi connectivity index (χ4v) is 3.50. The highest BCUT2D eigenvalue weighted by Crippen LogP contribution is 2.28. The van der Waals surface area contributed by atoms with Gasteiger partial charge in [-0.05, 0) is 38.1 Å². The Bertz CT molecular complexity index is 550. The van der Waals surface area contributed by atoms with E-state index in [-0.39, 0.29) is 16.9 Å². The summed E-state index contributed by atoms with van der Waals surface area (Å²) in [5, 5.41) is 1.73. The largest absolute Gasteiger partial charge is 0.293 e. The summed E-state index contributed by atoms with van der Waals surface area (Å²) in [5.41, 5.74) is 1.49. The van der Waals surface area contributed by atoms with Gasteiger partial charge in [0.05, 0.1) is 5.25 Å². The highest BCUT2D eigenvalue weighted by Gasteiger charge is 2.17. The first kappa shape index (κ1) is 13.2. The molecule has 5 heteroatoms. The standard InChI is InChI=1S/C13H12FNOS2/c1-8-7-17-13(15-8)18-9(2)12(16)10-3-5-11(14)6-4-10/h3-7,9H,1-2H3/t9-/m0/s1. The second kappa shape index (κ2) is 5.63. The van der Waals surface area contributed by atoms with Crippen LogP contribution in [0.1, 0.15) is 23.0 Å². The van der Waals surface area contributed by atoms with Crippen LogP contribution in [0.2, 0.25) is 0 Å². The molecule has 0 N–H and O–H groups in total. The number of hydrogen-bond donors (Lipinski definition) is 0. The monoisotopic (exact) mass is 281 g/mol. The Morgan fingerprint density at radius 3 is 2.61 bits per heavy atom. The van der Waals surface area contributed by atoms with E-state index in [9.17, 15) is 9.18 Å². The summed E-state index contributed by atoms with van der Waals surface area (Å²) in [6, 6.07) is 5.64. The van der Waals surface area contributed by atoms with Crippen LogP contribution < -0.4 is 0 Å². The molecule has 2 nitrogen and oxygen atoms in total. The van der Waals surface area contributed by atoms with Crippen LogP contribution in [-0.4, -0.2) is 16.0 Å². The van der Waals surface area contributed by atoms with Crippen molar-refractivity contribution in [1.82, 2.24) is 4.98 Å². The number of carbonyl (C=O) groups is 1. The summed E-state index contributed by atoms with van der Waals surface area (Å²) in [7, 11) is 0. The van der Waals surface area contributed by atoms with Crippen molar-refractivity contribution in [2.75, 3.05) is 0 Å². The van der Waals surface area contributed by atoms with E-state index in [1.165, 1.54) is 47.4 Å². The number of carbonyl (C=O) groups excluding carboxylic acids is 1. The van der Waals surface area contributed by atoms with Gasteiger partial charge in [-0.2, -0.15) is 0 Å². The molecule has 18 heavy (non-hydrogen) atoms. The highest BCUT2D eigenvalue weighted by molar-refractivity contribution is 8.02. The van der Waals surface area contributed by atoms with Crippen LogP contribution >= 0.6 is 23.1 Å². The zero-order valence-electron chi connectivity index (χ0n) is 10.0. The number of rotatable bonds is 4. The summed E-state index contributed by atoms with van der Waals surface area (Å²) in [6.45, 7) is 3.76. The molecule has 0 amide bonds. The van der Waals surface area contributed by atoms with E-state index in [4.69, 9.17) is 0 Å². The van der Waals surface area contributed by atoms with Gasteiger partial charge in [0.25, 0.3) is 0 Å². The van der Waals surface area contributed by atoms with Crippen molar-refractivity contribution in [3.63, 3.8) is 0 Å². The molecule has 0 spiro atoms. The second-order valence-electron chi connectivity index (χ2n) is 3.89. The summed E-state index contributed by atoms with van der Waals surface area (Å²) >= 11 is 2.97. The average molecular weight is 281 g/mol. The van der Waals surface area contributed by atoms with Crippen molar-refractivity contribution in [2.45, 2.75) is 23.4 Å². The first-order chi connectivity index (χ1) is 8.56. The van der Waals surface area contributed by atoms with Crippen LogP contribution in [0.4, 0.5) is 4.39 Å². The van der Waals surface area contributed by atoms with E-state index in [0.29, 0.717) is 5.56 Å². The molecule has 2 rings (SSSR count). The Kier molecular flexibility index (Phi) is 4.14. The van der Waals surface area contributed by atoms with Gasteiger partial charge in [0.2, 0.25) is 0 Å². The molecule has 0 aliphatic heterocycles. The number of Topliss-reactive ketones (excluding diaryl/α,β-unsaturated/α-hetero) is 1. The molecule has 1 aromatic heterocycles. The molecule has 1 atom stereocenters. The predicted molar refractivity (Wildman–Crippen MR) is 72.9 cm³/mol. The lowest BCUT2D eigenvalue weighted by atomic mass is 10.1. The number of nitrogens with zero attached hydrogens (tertiary/aromatic N) is 1. The maximum atomic E-state index is 12.8. The molecule has 0 saturated heterocycles. The number of hydrogen-bond acceptors (Lipinski definition) is 4. The van der Waals surface area contributed by atoms with E-state index in [1.54, 1.807) is 0 Å². The maximum Gasteiger partial charge on any atom is 0.175 e. The molecule has 2 aromatic rings. The summed E-state index contributed by atoms with van der Waals surface area (Å²) in [4.78, 5) is 16.4. The van der Waals surface area contributed by atoms with Crippen molar-refractivity contribution in [1.29, 1.82) is 0 Å². The maximum absolute atomic E-state index is 12.8. The molecular weight excluding hydrogens is 269 g/mol. The summed E-state index contributed by atoms with van der Waals surface area (Å²) in [6.07, 6.45) is 0. The molecule has 0 aliphatic carbocycles. The molecule has 1 heterocycles. The van der Waals surface area contributed by atoms with Crippen LogP contribution in [0.5, 0.6) is 0 Å². The van der Waals surface area contributed by atoms with Crippen LogP contribution in [0.15, 0.2) is 34.0 Å². The van der Waals surface area contributed by atoms with E-state index < -0.39 is 0 Å². The first-order valence-electron chi connectivity index (χ1n) is 5.45. The predicted octanol–water partition coefficient (Wildman–Crippen LogP) is 3.95. The van der Waals surface area contributed by atoms with Crippen molar-refractivity contribution in [3.8, 4) is 0 Å². The molecule has 0 radical (unpaired) electrons. The van der Waals surface area contributed by atoms with E-state index in [1.807, 2.05) is 19.2 Å². The van der Waals surface area contributed by atoms with E-state index >= 15 is 0 Å². The van der Waals surface area contributed by atoms with Crippen molar-refractivity contribution >= 4 is 28.9 Å². The number of thioether (sulfide) groups is 1. The minimum absolute atomic E-state index is 0.00662. The Hall–Kier alpha value is -1.20. The third-order valence-corrected chi connectivity index (χ3v) is 4.56. The van der Waals surface area contributed by atoms with Crippen LogP contribution in [0.3, 0.4) is 0 Å². The Balaban J connectivity index is 2.07. The fourth-order valence-electron chi connectivity index (χ4n) is 1.44. The highest BCUT2D eigenvalue weighted by atomic mass is 32.2. The van der Waals surface area contributed by atoms with E-state index in [2.05, 4.69) is 4.98 Å². The normalized spacial score (nSPS) is 12.4. The molecule has 0 aliphatic rings. The summed E-state index contributed by atoms with van der Waals surface area (Å²) in [5.74, 6) is -0.338. The zero-order chi connectivity index (χ0) is 13.1. The molecule has 94 valence electrons. The number of ketones is 1. The third kappa shape index (κ3) is 3.17. The van der Waals surface area contributed by atoms with Gasteiger partial charge in [-0.3, -0.25) is 4.79 Å². The van der Waals surface area contributed by atoms with Gasteiger partial charge in [-0.15, -0.1) is 11.3 Å². The Labute approximate surface area is 113 Å². The van der Waals surface area contributed by atoms with Gasteiger partial charge in [-0.1, -0.05) is 11.8 Å². The Morgan fingerprint density at radius 2 is 2.06 bits per heavy atom. The van der Waals surface area contributed by atoms with Gasteiger partial charge >= 0.3 is 0 Å². The quantitative estimate of drug-likeness (QED) is 0.628. The van der Waals surface area contributed by atoms with Gasteiger partial charge in [0.1, 0.15) is 5.82 Å². The van der Waals surface area contributed by atoms with E-state index in [0.717, 1.165) is 10.0 Å². The van der Waals surface area contributed by atoms with Crippen molar-refractivity contribution < 1.29 is 9.18 Å². The number of aromatic nitrogens is 1. The second-order valence-corrected chi connectivity index (χ2v) is 6.33. The third-order valence-electron chi connectivity index (χ3n) is 2.37. The van der Waals surface area contributed by atoms with Crippen LogP contribution in [-0.2, 0) is 0 Å². The Morgan fingerprint density at radius 1 is 1.39 bits per heavy atom. The molecule has 0 unspecified atom stereocenters. The lowest BCUT2D eigenvalue weighted by molar-refractivity contribution is 0.0994. The average Bonchev–Trinajstić information content (AvgIpc) is 2.75. The fraction of sp³-hybridized carbons (Fsp3) is 0.231. The van der Waals surface area contributed by atoms with Gasteiger partial charge < -0.3 is 0 Å². The zero-order valence-corrected chi connectivity index (χ0v) is 11.6. The van der Waals surface area contributed by atoms with Crippen molar-refractivity contribution in [2.24, 2.45) is 0 Å². The molecule has 0 bridgehead atoms. The number of thiazole rings is 1. The summed E-state index contributed by atoms with van der Waals surface area (Å²) < 4.78 is 13.7. The van der Waals surface area contributed by atoms with Gasteiger partial charge in [0.15, 0.2) is 10.1 Å². The van der Waals surface area contributed by atoms with Gasteiger partial charge in [0, 0.05) is 16.6 Å². The number of halogens is 1. The lowest BCUT2D eigenvalue weighted by Crippen LogP contribution is -2.13. The number of benzene rings is 1. The minimum atomic E-state index is -0.331. The minimum Gasteiger partial charge on any atom is -0.293 e. The smallest absolute Gasteiger partial charge is 0.175 e. The molecule has 0 fully saturated rings. The van der Waals surface area contributed by atoms with Crippen LogP contribution in [0, 0.1) is 12.7 Å². The molecular formula is C13H12FNOS2. The van der Waals surface area contributed by atoms with Crippen LogP contribution in [0.25, 0.3) is 0 Å². The number of aryl methyl sites for hydroxylation is 1. The molecule has 1 aromatic carbocycles. The van der Waals surface area contributed by atoms with Crippen molar-refractivity contribution in [3.05, 3.63) is 46.7 Å². The molecule has 0 saturated carbocycles.